The lowest BCUT2D eigenvalue weighted by Gasteiger charge is -2.33. The number of hydrogen-bond donors (Lipinski definition) is 0. The summed E-state index contributed by atoms with van der Waals surface area (Å²) >= 11 is 1.84. The van der Waals surface area contributed by atoms with E-state index in [0.717, 1.165) is 73.1 Å². The van der Waals surface area contributed by atoms with Crippen LogP contribution in [0, 0.1) is 0 Å². The molecule has 5 heteroatoms. The fourth-order valence-corrected chi connectivity index (χ4v) is 10.3. The second kappa shape index (κ2) is 16.4. The van der Waals surface area contributed by atoms with E-state index in [9.17, 15) is 0 Å². The maximum absolute atomic E-state index is 6.35. The minimum atomic E-state index is 0.859. The third kappa shape index (κ3) is 7.14. The van der Waals surface area contributed by atoms with Gasteiger partial charge in [-0.05, 0) is 126 Å². The maximum Gasteiger partial charge on any atom is 0.135 e. The number of nitrogens with zero attached hydrogens (tertiary/aromatic N) is 3. The SMILES string of the molecule is c1ccc(-c2ccc(N(c3ccccc3)c3cc(N(c4ccccc4)c4ccc5oc6ccccc6c5c4)cc(N(c4ccccc4)c4ccc5sc6ccccc6c5c4)c3)cc2)cc1. The molecule has 2 heterocycles. The number of thiophene rings is 1. The van der Waals surface area contributed by atoms with Gasteiger partial charge in [0.1, 0.15) is 11.2 Å². The molecule has 0 unspecified atom stereocenters. The molecule has 0 bridgehead atoms. The molecule has 0 atom stereocenters. The van der Waals surface area contributed by atoms with Crippen molar-refractivity contribution in [2.24, 2.45) is 0 Å². The minimum Gasteiger partial charge on any atom is -0.456 e. The van der Waals surface area contributed by atoms with E-state index < -0.39 is 0 Å². The predicted octanol–water partition coefficient (Wildman–Crippen LogP) is 18.0. The normalized spacial score (nSPS) is 11.4. The Morgan fingerprint density at radius 1 is 0.246 bits per heavy atom. The Morgan fingerprint density at radius 2 is 0.646 bits per heavy atom. The van der Waals surface area contributed by atoms with E-state index in [1.54, 1.807) is 0 Å². The first-order valence-electron chi connectivity index (χ1n) is 21.9. The molecule has 0 saturated heterocycles. The van der Waals surface area contributed by atoms with Gasteiger partial charge in [-0.15, -0.1) is 11.3 Å². The fraction of sp³-hybridized carbons (Fsp3) is 0. The third-order valence-corrected chi connectivity index (χ3v) is 13.3. The number of fused-ring (bicyclic) bond motifs is 6. The van der Waals surface area contributed by atoms with Crippen LogP contribution in [0.5, 0.6) is 0 Å². The van der Waals surface area contributed by atoms with Gasteiger partial charge >= 0.3 is 0 Å². The number of furan rings is 1. The zero-order valence-corrected chi connectivity index (χ0v) is 36.1. The Bertz CT molecular complexity index is 3430. The molecule has 4 nitrogen and oxygen atoms in total. The van der Waals surface area contributed by atoms with Crippen molar-refractivity contribution in [2.75, 3.05) is 14.7 Å². The van der Waals surface area contributed by atoms with Crippen molar-refractivity contribution >= 4 is 105 Å². The van der Waals surface area contributed by atoms with Crippen LogP contribution in [-0.2, 0) is 0 Å². The monoisotopic (exact) mass is 851 g/mol. The zero-order chi connectivity index (χ0) is 43.1. The summed E-state index contributed by atoms with van der Waals surface area (Å²) in [7, 11) is 0. The second-order valence-corrected chi connectivity index (χ2v) is 17.3. The molecule has 65 heavy (non-hydrogen) atoms. The van der Waals surface area contributed by atoms with Crippen LogP contribution in [0.1, 0.15) is 0 Å². The summed E-state index contributed by atoms with van der Waals surface area (Å²) < 4.78 is 8.91. The molecular weight excluding hydrogens is 811 g/mol. The van der Waals surface area contributed by atoms with Gasteiger partial charge in [0.15, 0.2) is 0 Å². The lowest BCUT2D eigenvalue weighted by atomic mass is 10.0. The molecule has 0 aliphatic rings. The van der Waals surface area contributed by atoms with Gasteiger partial charge < -0.3 is 19.1 Å². The molecule has 2 aromatic heterocycles. The smallest absolute Gasteiger partial charge is 0.135 e. The Labute approximate surface area is 381 Å². The van der Waals surface area contributed by atoms with Gasteiger partial charge in [0.05, 0.1) is 17.1 Å². The number of rotatable bonds is 10. The van der Waals surface area contributed by atoms with Crippen molar-refractivity contribution in [1.29, 1.82) is 0 Å². The van der Waals surface area contributed by atoms with E-state index in [2.05, 4.69) is 251 Å². The number of hydrogen-bond acceptors (Lipinski definition) is 5. The van der Waals surface area contributed by atoms with Gasteiger partial charge in [0, 0.05) is 65.1 Å². The van der Waals surface area contributed by atoms with Crippen molar-refractivity contribution in [1.82, 2.24) is 0 Å². The van der Waals surface area contributed by atoms with Crippen LogP contribution in [0.15, 0.2) is 253 Å². The van der Waals surface area contributed by atoms with Crippen LogP contribution < -0.4 is 14.7 Å². The van der Waals surface area contributed by atoms with Gasteiger partial charge in [0.2, 0.25) is 0 Å². The topological polar surface area (TPSA) is 22.9 Å². The highest BCUT2D eigenvalue weighted by molar-refractivity contribution is 7.25. The quantitative estimate of drug-likeness (QED) is 0.137. The number of anilines is 9. The van der Waals surface area contributed by atoms with E-state index in [1.807, 2.05) is 23.5 Å². The average molecular weight is 852 g/mol. The largest absolute Gasteiger partial charge is 0.456 e. The van der Waals surface area contributed by atoms with Gasteiger partial charge in [-0.3, -0.25) is 0 Å². The summed E-state index contributed by atoms with van der Waals surface area (Å²) in [6.45, 7) is 0. The first-order valence-corrected chi connectivity index (χ1v) is 22.7. The molecule has 0 spiro atoms. The van der Waals surface area contributed by atoms with E-state index >= 15 is 0 Å². The summed E-state index contributed by atoms with van der Waals surface area (Å²) in [5.74, 6) is 0. The Balaban J connectivity index is 1.12. The molecule has 0 N–H and O–H groups in total. The van der Waals surface area contributed by atoms with Crippen LogP contribution >= 0.6 is 11.3 Å². The van der Waals surface area contributed by atoms with Gasteiger partial charge in [-0.25, -0.2) is 0 Å². The molecule has 0 amide bonds. The Morgan fingerprint density at radius 3 is 1.25 bits per heavy atom. The molecule has 12 rings (SSSR count). The van der Waals surface area contributed by atoms with Crippen molar-refractivity contribution < 1.29 is 4.42 Å². The Kier molecular flexibility index (Phi) is 9.66. The molecule has 0 radical (unpaired) electrons. The summed E-state index contributed by atoms with van der Waals surface area (Å²) in [5, 5.41) is 4.68. The molecule has 0 aliphatic heterocycles. The van der Waals surface area contributed by atoms with E-state index in [4.69, 9.17) is 4.42 Å². The van der Waals surface area contributed by atoms with Crippen LogP contribution in [0.2, 0.25) is 0 Å². The van der Waals surface area contributed by atoms with Crippen LogP contribution in [0.4, 0.5) is 51.2 Å². The van der Waals surface area contributed by atoms with E-state index in [0.29, 0.717) is 0 Å². The molecule has 308 valence electrons. The van der Waals surface area contributed by atoms with E-state index in [-0.39, 0.29) is 0 Å². The number of para-hydroxylation sites is 4. The summed E-state index contributed by atoms with van der Waals surface area (Å²) in [4.78, 5) is 7.14. The molecule has 12 aromatic rings. The van der Waals surface area contributed by atoms with Gasteiger partial charge in [-0.2, -0.15) is 0 Å². The third-order valence-electron chi connectivity index (χ3n) is 12.2. The van der Waals surface area contributed by atoms with Crippen LogP contribution in [0.3, 0.4) is 0 Å². The Hall–Kier alpha value is -8.38. The second-order valence-electron chi connectivity index (χ2n) is 16.2. The minimum absolute atomic E-state index is 0.859. The lowest BCUT2D eigenvalue weighted by Crippen LogP contribution is -2.16. The summed E-state index contributed by atoms with van der Waals surface area (Å²) in [6.07, 6.45) is 0. The fourth-order valence-electron chi connectivity index (χ4n) is 9.18. The average Bonchev–Trinajstić information content (AvgIpc) is 3.94. The van der Waals surface area contributed by atoms with Crippen molar-refractivity contribution in [3.63, 3.8) is 0 Å². The van der Waals surface area contributed by atoms with Crippen molar-refractivity contribution in [2.45, 2.75) is 0 Å². The molecule has 0 aliphatic carbocycles. The highest BCUT2D eigenvalue weighted by Gasteiger charge is 2.23. The van der Waals surface area contributed by atoms with Crippen LogP contribution in [0.25, 0.3) is 53.2 Å². The standard InChI is InChI=1S/C60H41N3OS/c1-5-17-42(18-6-1)43-29-31-47(32-30-43)61(44-19-7-2-8-20-44)50-37-51(62(45-21-9-3-10-22-45)48-33-35-58-55(40-48)53-25-13-15-27-57(53)64-58)39-52(38-50)63(46-23-11-4-12-24-46)49-34-36-60-56(41-49)54-26-14-16-28-59(54)65-60/h1-41H. The van der Waals surface area contributed by atoms with E-state index in [1.165, 1.54) is 31.3 Å². The molecule has 10 aromatic carbocycles. The highest BCUT2D eigenvalue weighted by Crippen LogP contribution is 2.48. The molecule has 0 fully saturated rings. The van der Waals surface area contributed by atoms with Crippen molar-refractivity contribution in [3.8, 4) is 11.1 Å². The predicted molar refractivity (Wildman–Crippen MR) is 276 cm³/mol. The first-order chi connectivity index (χ1) is 32.2. The van der Waals surface area contributed by atoms with Crippen molar-refractivity contribution in [3.05, 3.63) is 249 Å². The van der Waals surface area contributed by atoms with Gasteiger partial charge in [0.25, 0.3) is 0 Å². The number of benzene rings is 10. The summed E-state index contributed by atoms with van der Waals surface area (Å²) in [5.41, 5.74) is 13.4. The molecular formula is C60H41N3OS. The molecule has 0 saturated carbocycles. The van der Waals surface area contributed by atoms with Crippen LogP contribution in [-0.4, -0.2) is 0 Å². The first kappa shape index (κ1) is 38.3. The zero-order valence-electron chi connectivity index (χ0n) is 35.3. The van der Waals surface area contributed by atoms with Gasteiger partial charge in [-0.1, -0.05) is 133 Å². The summed E-state index contributed by atoms with van der Waals surface area (Å²) in [6, 6.07) is 89.0. The highest BCUT2D eigenvalue weighted by atomic mass is 32.1. The lowest BCUT2D eigenvalue weighted by molar-refractivity contribution is 0.669. The maximum atomic E-state index is 6.35.